The average molecular weight is 333 g/mol. The average Bonchev–Trinajstić information content (AvgIpc) is 2.49. The van der Waals surface area contributed by atoms with Gasteiger partial charge in [-0.05, 0) is 25.0 Å². The molecule has 0 saturated heterocycles. The number of nitrogens with one attached hydrogen (secondary N) is 1. The Balaban J connectivity index is 0.00000441. The summed E-state index contributed by atoms with van der Waals surface area (Å²) in [7, 11) is 0. The lowest BCUT2D eigenvalue weighted by Gasteiger charge is -2.16. The molecule has 126 valence electrons. The number of amides is 1. The van der Waals surface area contributed by atoms with Crippen molar-refractivity contribution in [2.24, 2.45) is 5.73 Å². The fourth-order valence-electron chi connectivity index (χ4n) is 1.98. The minimum Gasteiger partial charge on any atom is -0.491 e. The Morgan fingerprint density at radius 1 is 1.36 bits per heavy atom. The summed E-state index contributed by atoms with van der Waals surface area (Å²) in [4.78, 5) is 11.8. The molecule has 0 radical (unpaired) electrons. The number of unbranched alkanes of at least 4 members (excludes halogenated alkanes) is 1. The third kappa shape index (κ3) is 8.20. The molecule has 0 aliphatic heterocycles. The highest BCUT2D eigenvalue weighted by Crippen LogP contribution is 2.15. The van der Waals surface area contributed by atoms with Gasteiger partial charge in [-0.1, -0.05) is 31.9 Å². The molecular weight excluding hydrogens is 307 g/mol. The molecule has 6 heteroatoms. The van der Waals surface area contributed by atoms with Gasteiger partial charge in [-0.25, -0.2) is 4.39 Å². The molecule has 0 heterocycles. The number of hydrogen-bond acceptors (Lipinski definition) is 3. The first-order valence-corrected chi connectivity index (χ1v) is 7.54. The van der Waals surface area contributed by atoms with Gasteiger partial charge in [0.1, 0.15) is 0 Å². The molecule has 4 nitrogen and oxygen atoms in total. The van der Waals surface area contributed by atoms with Gasteiger partial charge in [0.15, 0.2) is 11.6 Å². The fourth-order valence-corrected chi connectivity index (χ4v) is 1.98. The molecule has 0 aromatic heterocycles. The summed E-state index contributed by atoms with van der Waals surface area (Å²) in [6.45, 7) is 2.88. The number of benzene rings is 1. The molecule has 1 amide bonds. The lowest BCUT2D eigenvalue weighted by molar-refractivity contribution is -0.122. The largest absolute Gasteiger partial charge is 0.491 e. The summed E-state index contributed by atoms with van der Waals surface area (Å²) in [5.41, 5.74) is 5.63. The van der Waals surface area contributed by atoms with Crippen LogP contribution in [0.3, 0.4) is 0 Å². The van der Waals surface area contributed by atoms with Crippen LogP contribution in [0, 0.1) is 5.82 Å². The molecular formula is C16H26ClFN2O2. The molecule has 1 rings (SSSR count). The van der Waals surface area contributed by atoms with Gasteiger partial charge in [-0.2, -0.15) is 0 Å². The third-order valence-corrected chi connectivity index (χ3v) is 3.20. The Morgan fingerprint density at radius 2 is 2.09 bits per heavy atom. The van der Waals surface area contributed by atoms with Gasteiger partial charge in [0.05, 0.1) is 6.61 Å². The van der Waals surface area contributed by atoms with Crippen molar-refractivity contribution in [3.8, 4) is 5.75 Å². The SMILES string of the molecule is CCCCC(CN)NC(=O)CCCOc1ccccc1F.Cl. The van der Waals surface area contributed by atoms with Gasteiger partial charge in [0, 0.05) is 19.0 Å². The van der Waals surface area contributed by atoms with Crippen molar-refractivity contribution in [3.63, 3.8) is 0 Å². The summed E-state index contributed by atoms with van der Waals surface area (Å²) in [5.74, 6) is -0.191. The number of ether oxygens (including phenoxy) is 1. The maximum Gasteiger partial charge on any atom is 0.220 e. The zero-order valence-electron chi connectivity index (χ0n) is 13.0. The molecule has 0 aliphatic rings. The van der Waals surface area contributed by atoms with Crippen molar-refractivity contribution in [2.45, 2.75) is 45.1 Å². The first-order chi connectivity index (χ1) is 10.2. The van der Waals surface area contributed by atoms with Crippen LogP contribution in [0.1, 0.15) is 39.0 Å². The Morgan fingerprint density at radius 3 is 2.73 bits per heavy atom. The smallest absolute Gasteiger partial charge is 0.220 e. The number of para-hydroxylation sites is 1. The zero-order chi connectivity index (χ0) is 15.5. The van der Waals surface area contributed by atoms with E-state index in [9.17, 15) is 9.18 Å². The van der Waals surface area contributed by atoms with Gasteiger partial charge < -0.3 is 15.8 Å². The summed E-state index contributed by atoms with van der Waals surface area (Å²) in [5, 5.41) is 2.92. The van der Waals surface area contributed by atoms with Crippen LogP contribution < -0.4 is 15.8 Å². The van der Waals surface area contributed by atoms with Crippen molar-refractivity contribution in [2.75, 3.05) is 13.2 Å². The molecule has 0 aliphatic carbocycles. The minimum atomic E-state index is -0.385. The van der Waals surface area contributed by atoms with Crippen LogP contribution in [-0.2, 0) is 4.79 Å². The van der Waals surface area contributed by atoms with Crippen LogP contribution in [0.5, 0.6) is 5.75 Å². The fraction of sp³-hybridized carbons (Fsp3) is 0.562. The van der Waals surface area contributed by atoms with Crippen molar-refractivity contribution >= 4 is 18.3 Å². The van der Waals surface area contributed by atoms with E-state index in [1.807, 2.05) is 0 Å². The van der Waals surface area contributed by atoms with E-state index in [2.05, 4.69) is 12.2 Å². The number of hydrogen-bond donors (Lipinski definition) is 2. The number of nitrogens with two attached hydrogens (primary N) is 1. The van der Waals surface area contributed by atoms with Crippen LogP contribution >= 0.6 is 12.4 Å². The maximum absolute atomic E-state index is 13.3. The van der Waals surface area contributed by atoms with Crippen molar-refractivity contribution < 1.29 is 13.9 Å². The molecule has 0 saturated carbocycles. The first kappa shape index (κ1) is 20.7. The van der Waals surface area contributed by atoms with E-state index >= 15 is 0 Å². The first-order valence-electron chi connectivity index (χ1n) is 7.54. The Bertz CT molecular complexity index is 432. The second kappa shape index (κ2) is 12.2. The topological polar surface area (TPSA) is 64.3 Å². The third-order valence-electron chi connectivity index (χ3n) is 3.20. The van der Waals surface area contributed by atoms with E-state index in [1.165, 1.54) is 6.07 Å². The van der Waals surface area contributed by atoms with E-state index < -0.39 is 0 Å². The molecule has 3 N–H and O–H groups in total. The van der Waals surface area contributed by atoms with Crippen LogP contribution in [0.25, 0.3) is 0 Å². The number of carbonyl (C=O) groups is 1. The second-order valence-electron chi connectivity index (χ2n) is 5.02. The van der Waals surface area contributed by atoms with Gasteiger partial charge in [-0.15, -0.1) is 12.4 Å². The highest BCUT2D eigenvalue weighted by Gasteiger charge is 2.10. The van der Waals surface area contributed by atoms with Crippen LogP contribution in [0.15, 0.2) is 24.3 Å². The summed E-state index contributed by atoms with van der Waals surface area (Å²) in [6.07, 6.45) is 3.95. The predicted molar refractivity (Wildman–Crippen MR) is 88.9 cm³/mol. The number of rotatable bonds is 10. The van der Waals surface area contributed by atoms with Gasteiger partial charge in [-0.3, -0.25) is 4.79 Å². The van der Waals surface area contributed by atoms with E-state index in [0.717, 1.165) is 19.3 Å². The van der Waals surface area contributed by atoms with Crippen LogP contribution in [-0.4, -0.2) is 25.1 Å². The molecule has 1 atom stereocenters. The van der Waals surface area contributed by atoms with Gasteiger partial charge >= 0.3 is 0 Å². The van der Waals surface area contributed by atoms with E-state index in [-0.39, 0.29) is 35.9 Å². The Kier molecular flexibility index (Phi) is 11.5. The lowest BCUT2D eigenvalue weighted by atomic mass is 10.1. The Labute approximate surface area is 138 Å². The predicted octanol–water partition coefficient (Wildman–Crippen LogP) is 3.04. The second-order valence-corrected chi connectivity index (χ2v) is 5.02. The van der Waals surface area contributed by atoms with Crippen molar-refractivity contribution in [3.05, 3.63) is 30.1 Å². The van der Waals surface area contributed by atoms with Gasteiger partial charge in [0.2, 0.25) is 5.91 Å². The minimum absolute atomic E-state index is 0. The highest BCUT2D eigenvalue weighted by molar-refractivity contribution is 5.85. The summed E-state index contributed by atoms with van der Waals surface area (Å²) < 4.78 is 18.6. The van der Waals surface area contributed by atoms with Crippen LogP contribution in [0.2, 0.25) is 0 Å². The molecule has 1 aromatic carbocycles. The zero-order valence-corrected chi connectivity index (χ0v) is 13.8. The monoisotopic (exact) mass is 332 g/mol. The molecule has 0 spiro atoms. The molecule has 0 fully saturated rings. The van der Waals surface area contributed by atoms with Crippen molar-refractivity contribution in [1.82, 2.24) is 5.32 Å². The molecule has 22 heavy (non-hydrogen) atoms. The standard InChI is InChI=1S/C16H25FN2O2.ClH/c1-2-3-7-13(12-18)19-16(20)10-6-11-21-15-9-5-4-8-14(15)17;/h4-5,8-9,13H,2-3,6-7,10-12,18H2,1H3,(H,19,20);1H. The lowest BCUT2D eigenvalue weighted by Crippen LogP contribution is -2.40. The van der Waals surface area contributed by atoms with Crippen molar-refractivity contribution in [1.29, 1.82) is 0 Å². The quantitative estimate of drug-likeness (QED) is 0.647. The summed E-state index contributed by atoms with van der Waals surface area (Å²) >= 11 is 0. The summed E-state index contributed by atoms with van der Waals surface area (Å²) in [6, 6.07) is 6.29. The molecule has 1 unspecified atom stereocenters. The van der Waals surface area contributed by atoms with Gasteiger partial charge in [0.25, 0.3) is 0 Å². The highest BCUT2D eigenvalue weighted by atomic mass is 35.5. The van der Waals surface area contributed by atoms with E-state index in [0.29, 0.717) is 26.0 Å². The number of carbonyl (C=O) groups excluding carboxylic acids is 1. The Hall–Kier alpha value is -1.33. The molecule has 1 aromatic rings. The van der Waals surface area contributed by atoms with Crippen LogP contribution in [0.4, 0.5) is 4.39 Å². The molecule has 0 bridgehead atoms. The van der Waals surface area contributed by atoms with E-state index in [4.69, 9.17) is 10.5 Å². The van der Waals surface area contributed by atoms with E-state index in [1.54, 1.807) is 18.2 Å². The maximum atomic E-state index is 13.3. The number of halogens is 2. The normalized spacial score (nSPS) is 11.4.